The zero-order chi connectivity index (χ0) is 18.0. The van der Waals surface area contributed by atoms with Crippen LogP contribution in [0.1, 0.15) is 39.0 Å². The lowest BCUT2D eigenvalue weighted by Crippen LogP contribution is -2.12. The van der Waals surface area contributed by atoms with Crippen molar-refractivity contribution in [1.82, 2.24) is 4.57 Å². The maximum atomic E-state index is 12.4. The minimum atomic E-state index is -0.178. The molecule has 126 valence electrons. The molecule has 4 heteroatoms. The minimum absolute atomic E-state index is 0.00376. The number of ketones is 1. The Morgan fingerprint density at radius 1 is 0.760 bits per heavy atom. The summed E-state index contributed by atoms with van der Waals surface area (Å²) < 4.78 is 2.14. The van der Waals surface area contributed by atoms with Crippen LogP contribution in [0.5, 0.6) is 0 Å². The van der Waals surface area contributed by atoms with E-state index in [9.17, 15) is 9.59 Å². The van der Waals surface area contributed by atoms with E-state index in [0.717, 1.165) is 17.1 Å². The van der Waals surface area contributed by atoms with Gasteiger partial charge < -0.3 is 9.88 Å². The normalized spacial score (nSPS) is 10.5. The Balaban J connectivity index is 1.76. The van der Waals surface area contributed by atoms with Gasteiger partial charge in [-0.2, -0.15) is 0 Å². The molecule has 0 radical (unpaired) electrons. The highest BCUT2D eigenvalue weighted by Crippen LogP contribution is 2.18. The quantitative estimate of drug-likeness (QED) is 0.713. The molecule has 1 aromatic heterocycles. The second-order valence-corrected chi connectivity index (χ2v) is 6.09. The van der Waals surface area contributed by atoms with Crippen molar-refractivity contribution in [3.05, 3.63) is 83.2 Å². The van der Waals surface area contributed by atoms with Gasteiger partial charge in [0.1, 0.15) is 0 Å². The van der Waals surface area contributed by atoms with Gasteiger partial charge in [0.05, 0.1) is 0 Å². The average Bonchev–Trinajstić information content (AvgIpc) is 2.94. The summed E-state index contributed by atoms with van der Waals surface area (Å²) in [5, 5.41) is 2.84. The van der Waals surface area contributed by atoms with Crippen LogP contribution in [0.3, 0.4) is 0 Å². The van der Waals surface area contributed by atoms with Crippen LogP contribution in [0.2, 0.25) is 0 Å². The Kier molecular flexibility index (Phi) is 4.52. The molecule has 1 amide bonds. The lowest BCUT2D eigenvalue weighted by molar-refractivity contribution is 0.101. The first-order valence-electron chi connectivity index (χ1n) is 8.13. The van der Waals surface area contributed by atoms with Crippen molar-refractivity contribution in [3.8, 4) is 5.69 Å². The highest BCUT2D eigenvalue weighted by Gasteiger charge is 2.09. The Morgan fingerprint density at radius 3 is 1.80 bits per heavy atom. The number of anilines is 1. The first-order valence-corrected chi connectivity index (χ1v) is 8.13. The van der Waals surface area contributed by atoms with Crippen molar-refractivity contribution in [3.63, 3.8) is 0 Å². The smallest absolute Gasteiger partial charge is 0.255 e. The van der Waals surface area contributed by atoms with E-state index in [4.69, 9.17) is 0 Å². The fraction of sp³-hybridized carbons (Fsp3) is 0.143. The minimum Gasteiger partial charge on any atom is -0.322 e. The highest BCUT2D eigenvalue weighted by molar-refractivity contribution is 6.04. The third-order valence-corrected chi connectivity index (χ3v) is 4.21. The molecule has 3 rings (SSSR count). The van der Waals surface area contributed by atoms with Gasteiger partial charge >= 0.3 is 0 Å². The molecule has 1 heterocycles. The predicted octanol–water partition coefficient (Wildman–Crippen LogP) is 4.55. The number of rotatable bonds is 4. The highest BCUT2D eigenvalue weighted by atomic mass is 16.1. The van der Waals surface area contributed by atoms with Crippen LogP contribution in [-0.4, -0.2) is 16.3 Å². The van der Waals surface area contributed by atoms with Gasteiger partial charge in [-0.15, -0.1) is 0 Å². The molecule has 0 aliphatic carbocycles. The topological polar surface area (TPSA) is 51.1 Å². The third-order valence-electron chi connectivity index (χ3n) is 4.21. The monoisotopic (exact) mass is 332 g/mol. The van der Waals surface area contributed by atoms with Crippen molar-refractivity contribution in [2.75, 3.05) is 5.32 Å². The molecule has 0 atom stereocenters. The molecular weight excluding hydrogens is 312 g/mol. The Bertz CT molecular complexity index is 900. The van der Waals surface area contributed by atoms with Crippen LogP contribution in [0.25, 0.3) is 5.69 Å². The van der Waals surface area contributed by atoms with Crippen molar-refractivity contribution >= 4 is 17.4 Å². The summed E-state index contributed by atoms with van der Waals surface area (Å²) in [6.45, 7) is 5.62. The summed E-state index contributed by atoms with van der Waals surface area (Å²) in [6.07, 6.45) is 0. The second kappa shape index (κ2) is 6.77. The van der Waals surface area contributed by atoms with E-state index in [2.05, 4.69) is 35.9 Å². The van der Waals surface area contributed by atoms with E-state index >= 15 is 0 Å². The predicted molar refractivity (Wildman–Crippen MR) is 99.6 cm³/mol. The molecule has 1 N–H and O–H groups in total. The summed E-state index contributed by atoms with van der Waals surface area (Å²) in [5.41, 5.74) is 5.21. The Hall–Kier alpha value is -3.14. The van der Waals surface area contributed by atoms with Crippen molar-refractivity contribution in [1.29, 1.82) is 0 Å². The molecule has 0 aliphatic heterocycles. The third kappa shape index (κ3) is 3.53. The van der Waals surface area contributed by atoms with Crippen LogP contribution in [0, 0.1) is 13.8 Å². The number of hydrogen-bond donors (Lipinski definition) is 1. The number of nitrogens with zero attached hydrogens (tertiary/aromatic N) is 1. The van der Waals surface area contributed by atoms with Crippen molar-refractivity contribution in [2.45, 2.75) is 20.8 Å². The summed E-state index contributed by atoms with van der Waals surface area (Å²) in [6, 6.07) is 18.5. The first kappa shape index (κ1) is 16.7. The second-order valence-electron chi connectivity index (χ2n) is 6.09. The molecule has 4 nitrogen and oxygen atoms in total. The van der Waals surface area contributed by atoms with Crippen LogP contribution in [0.4, 0.5) is 5.69 Å². The number of aryl methyl sites for hydroxylation is 2. The lowest BCUT2D eigenvalue weighted by atomic mass is 10.1. The number of Topliss-reactive ketones (excluding diaryl/α,β-unsaturated/α-hetero) is 1. The Labute approximate surface area is 147 Å². The van der Waals surface area contributed by atoms with Gasteiger partial charge in [-0.25, -0.2) is 0 Å². The number of aromatic nitrogens is 1. The van der Waals surface area contributed by atoms with Gasteiger partial charge in [0.15, 0.2) is 5.78 Å². The summed E-state index contributed by atoms with van der Waals surface area (Å²) >= 11 is 0. The van der Waals surface area contributed by atoms with E-state index in [1.165, 1.54) is 6.92 Å². The summed E-state index contributed by atoms with van der Waals surface area (Å²) in [5.74, 6) is -0.174. The number of carbonyl (C=O) groups excluding carboxylic acids is 2. The van der Waals surface area contributed by atoms with Crippen LogP contribution in [-0.2, 0) is 0 Å². The fourth-order valence-corrected chi connectivity index (χ4v) is 2.83. The molecule has 2 aromatic carbocycles. The number of nitrogens with one attached hydrogen (secondary N) is 1. The molecule has 3 aromatic rings. The average molecular weight is 332 g/mol. The molecule has 0 unspecified atom stereocenters. The zero-order valence-electron chi connectivity index (χ0n) is 14.5. The lowest BCUT2D eigenvalue weighted by Gasteiger charge is -2.10. The Morgan fingerprint density at radius 2 is 1.28 bits per heavy atom. The number of benzene rings is 2. The molecular formula is C21H20N2O2. The van der Waals surface area contributed by atoms with Gasteiger partial charge in [-0.3, -0.25) is 9.59 Å². The van der Waals surface area contributed by atoms with Gasteiger partial charge in [-0.1, -0.05) is 0 Å². The maximum absolute atomic E-state index is 12.4. The molecule has 0 bridgehead atoms. The van der Waals surface area contributed by atoms with Gasteiger partial charge in [0, 0.05) is 33.9 Å². The number of hydrogen-bond acceptors (Lipinski definition) is 2. The molecule has 0 spiro atoms. The van der Waals surface area contributed by atoms with Crippen LogP contribution >= 0.6 is 0 Å². The standard InChI is InChI=1S/C21H20N2O2/c1-14-4-5-15(2)23(14)20-12-8-18(9-13-20)21(25)22-19-10-6-17(7-11-19)16(3)24/h4-13H,1-3H3,(H,22,25). The zero-order valence-corrected chi connectivity index (χ0v) is 14.5. The van der Waals surface area contributed by atoms with Gasteiger partial charge in [0.2, 0.25) is 0 Å². The van der Waals surface area contributed by atoms with Gasteiger partial charge in [-0.05, 0) is 81.4 Å². The molecule has 0 saturated heterocycles. The largest absolute Gasteiger partial charge is 0.322 e. The number of carbonyl (C=O) groups is 2. The van der Waals surface area contributed by atoms with E-state index in [1.54, 1.807) is 24.3 Å². The summed E-state index contributed by atoms with van der Waals surface area (Å²) in [4.78, 5) is 23.7. The maximum Gasteiger partial charge on any atom is 0.255 e. The number of amides is 1. The molecule has 25 heavy (non-hydrogen) atoms. The first-order chi connectivity index (χ1) is 12.0. The molecule has 0 fully saturated rings. The van der Waals surface area contributed by atoms with Crippen molar-refractivity contribution in [2.24, 2.45) is 0 Å². The van der Waals surface area contributed by atoms with E-state index in [0.29, 0.717) is 16.8 Å². The van der Waals surface area contributed by atoms with E-state index in [1.807, 2.05) is 24.3 Å². The van der Waals surface area contributed by atoms with Crippen LogP contribution < -0.4 is 5.32 Å². The van der Waals surface area contributed by atoms with Gasteiger partial charge in [0.25, 0.3) is 5.91 Å². The van der Waals surface area contributed by atoms with Crippen LogP contribution in [0.15, 0.2) is 60.7 Å². The SMILES string of the molecule is CC(=O)c1ccc(NC(=O)c2ccc(-n3c(C)ccc3C)cc2)cc1. The molecule has 0 saturated carbocycles. The summed E-state index contributed by atoms with van der Waals surface area (Å²) in [7, 11) is 0. The fourth-order valence-electron chi connectivity index (χ4n) is 2.83. The van der Waals surface area contributed by atoms with Crippen molar-refractivity contribution < 1.29 is 9.59 Å². The van der Waals surface area contributed by atoms with E-state index in [-0.39, 0.29) is 11.7 Å². The molecule has 0 aliphatic rings. The van der Waals surface area contributed by atoms with E-state index < -0.39 is 0 Å².